The Morgan fingerprint density at radius 1 is 1.32 bits per heavy atom. The van der Waals surface area contributed by atoms with E-state index in [0.717, 1.165) is 20.9 Å². The highest BCUT2D eigenvalue weighted by Crippen LogP contribution is 2.40. The van der Waals surface area contributed by atoms with E-state index in [1.165, 1.54) is 25.7 Å². The number of hydrogen-bond donors (Lipinski definition) is 1. The number of thioether (sulfide) groups is 1. The average Bonchev–Trinajstić information content (AvgIpc) is 2.42. The first-order valence-corrected chi connectivity index (χ1v) is 8.56. The standard InChI is InChI=1S/C15H21Cl2NS/c1-3-10-4-7-13(18-2)15(8-10)19-14-9-11(16)5-6-12(14)17/h5-6,9-10,13,15,18H,3-4,7-8H2,1-2H3. The predicted octanol–water partition coefficient (Wildman–Crippen LogP) is 5.25. The lowest BCUT2D eigenvalue weighted by Gasteiger charge is -2.35. The molecule has 1 saturated carbocycles. The smallest absolute Gasteiger partial charge is 0.0543 e. The van der Waals surface area contributed by atoms with Crippen molar-refractivity contribution in [2.75, 3.05) is 7.05 Å². The third-order valence-corrected chi connectivity index (χ3v) is 6.11. The second kappa shape index (κ2) is 7.21. The monoisotopic (exact) mass is 317 g/mol. The molecule has 0 spiro atoms. The van der Waals surface area contributed by atoms with Gasteiger partial charge in [0.15, 0.2) is 0 Å². The Morgan fingerprint density at radius 2 is 2.11 bits per heavy atom. The normalized spacial score (nSPS) is 27.5. The van der Waals surface area contributed by atoms with Gasteiger partial charge < -0.3 is 5.32 Å². The summed E-state index contributed by atoms with van der Waals surface area (Å²) in [5.41, 5.74) is 0. The van der Waals surface area contributed by atoms with E-state index in [0.29, 0.717) is 11.3 Å². The van der Waals surface area contributed by atoms with Gasteiger partial charge in [0, 0.05) is 21.2 Å². The van der Waals surface area contributed by atoms with E-state index in [1.54, 1.807) is 0 Å². The third-order valence-electron chi connectivity index (χ3n) is 4.02. The summed E-state index contributed by atoms with van der Waals surface area (Å²) in [6.45, 7) is 2.29. The average molecular weight is 318 g/mol. The van der Waals surface area contributed by atoms with Gasteiger partial charge in [-0.3, -0.25) is 0 Å². The van der Waals surface area contributed by atoms with Crippen LogP contribution in [0.5, 0.6) is 0 Å². The Balaban J connectivity index is 2.11. The molecule has 19 heavy (non-hydrogen) atoms. The minimum Gasteiger partial charge on any atom is -0.316 e. The van der Waals surface area contributed by atoms with E-state index in [2.05, 4.69) is 19.3 Å². The van der Waals surface area contributed by atoms with Crippen LogP contribution in [0.4, 0.5) is 0 Å². The maximum Gasteiger partial charge on any atom is 0.0543 e. The molecule has 106 valence electrons. The lowest BCUT2D eigenvalue weighted by Crippen LogP contribution is -2.40. The minimum atomic E-state index is 0.572. The van der Waals surface area contributed by atoms with Gasteiger partial charge in [0.25, 0.3) is 0 Å². The van der Waals surface area contributed by atoms with Gasteiger partial charge in [-0.25, -0.2) is 0 Å². The number of nitrogens with one attached hydrogen (secondary N) is 1. The first-order chi connectivity index (χ1) is 9.13. The summed E-state index contributed by atoms with van der Waals surface area (Å²) >= 11 is 14.2. The molecule has 0 bridgehead atoms. The van der Waals surface area contributed by atoms with Crippen LogP contribution in [0.3, 0.4) is 0 Å². The number of rotatable bonds is 4. The van der Waals surface area contributed by atoms with Crippen molar-refractivity contribution in [2.45, 2.75) is 48.8 Å². The molecule has 1 nitrogen and oxygen atoms in total. The summed E-state index contributed by atoms with van der Waals surface area (Å²) in [4.78, 5) is 1.11. The van der Waals surface area contributed by atoms with Crippen LogP contribution >= 0.6 is 35.0 Å². The molecule has 3 atom stereocenters. The second-order valence-corrected chi connectivity index (χ2v) is 7.34. The maximum absolute atomic E-state index is 6.28. The molecular formula is C15H21Cl2NS. The molecule has 1 aromatic rings. The van der Waals surface area contributed by atoms with Crippen molar-refractivity contribution >= 4 is 35.0 Å². The lowest BCUT2D eigenvalue weighted by atomic mass is 9.84. The number of halogens is 2. The summed E-state index contributed by atoms with van der Waals surface area (Å²) < 4.78 is 0. The fourth-order valence-electron chi connectivity index (χ4n) is 2.77. The van der Waals surface area contributed by atoms with Gasteiger partial charge in [0.1, 0.15) is 0 Å². The van der Waals surface area contributed by atoms with Crippen molar-refractivity contribution in [1.82, 2.24) is 5.32 Å². The van der Waals surface area contributed by atoms with Crippen LogP contribution < -0.4 is 5.32 Å². The highest BCUT2D eigenvalue weighted by molar-refractivity contribution is 8.00. The Bertz CT molecular complexity index is 425. The van der Waals surface area contributed by atoms with Crippen LogP contribution in [-0.4, -0.2) is 18.3 Å². The van der Waals surface area contributed by atoms with Crippen LogP contribution in [0, 0.1) is 5.92 Å². The highest BCUT2D eigenvalue weighted by atomic mass is 35.5. The molecule has 0 radical (unpaired) electrons. The van der Waals surface area contributed by atoms with Gasteiger partial charge in [-0.1, -0.05) is 36.5 Å². The number of hydrogen-bond acceptors (Lipinski definition) is 2. The van der Waals surface area contributed by atoms with Gasteiger partial charge in [-0.2, -0.15) is 0 Å². The van der Waals surface area contributed by atoms with E-state index in [9.17, 15) is 0 Å². The molecule has 0 saturated heterocycles. The van der Waals surface area contributed by atoms with Crippen molar-refractivity contribution in [3.8, 4) is 0 Å². The lowest BCUT2D eigenvalue weighted by molar-refractivity contribution is 0.304. The molecule has 0 heterocycles. The summed E-state index contributed by atoms with van der Waals surface area (Å²) in [5.74, 6) is 0.847. The highest BCUT2D eigenvalue weighted by Gasteiger charge is 2.29. The van der Waals surface area contributed by atoms with Gasteiger partial charge in [0.05, 0.1) is 5.02 Å². The van der Waals surface area contributed by atoms with Crippen molar-refractivity contribution in [2.24, 2.45) is 5.92 Å². The first kappa shape index (κ1) is 15.5. The Kier molecular flexibility index (Phi) is 5.88. The zero-order valence-corrected chi connectivity index (χ0v) is 13.8. The van der Waals surface area contributed by atoms with Gasteiger partial charge in [-0.05, 0) is 50.4 Å². The zero-order chi connectivity index (χ0) is 13.8. The zero-order valence-electron chi connectivity index (χ0n) is 11.5. The second-order valence-electron chi connectivity index (χ2n) is 5.21. The summed E-state index contributed by atoms with van der Waals surface area (Å²) in [6, 6.07) is 6.29. The fourth-order valence-corrected chi connectivity index (χ4v) is 4.77. The molecule has 1 N–H and O–H groups in total. The quantitative estimate of drug-likeness (QED) is 0.813. The van der Waals surface area contributed by atoms with Gasteiger partial charge in [0.2, 0.25) is 0 Å². The van der Waals surface area contributed by atoms with E-state index >= 15 is 0 Å². The van der Waals surface area contributed by atoms with Gasteiger partial charge >= 0.3 is 0 Å². The van der Waals surface area contributed by atoms with Crippen molar-refractivity contribution in [3.05, 3.63) is 28.2 Å². The first-order valence-electron chi connectivity index (χ1n) is 6.93. The summed E-state index contributed by atoms with van der Waals surface area (Å²) in [5, 5.41) is 5.61. The van der Waals surface area contributed by atoms with Crippen LogP contribution in [-0.2, 0) is 0 Å². The van der Waals surface area contributed by atoms with Crippen LogP contribution in [0.15, 0.2) is 23.1 Å². The molecule has 3 unspecified atom stereocenters. The van der Waals surface area contributed by atoms with Crippen molar-refractivity contribution in [1.29, 1.82) is 0 Å². The molecular weight excluding hydrogens is 297 g/mol. The molecule has 1 fully saturated rings. The largest absolute Gasteiger partial charge is 0.316 e. The van der Waals surface area contributed by atoms with E-state index in [4.69, 9.17) is 23.2 Å². The van der Waals surface area contributed by atoms with E-state index in [1.807, 2.05) is 30.0 Å². The Labute approximate surface area is 130 Å². The molecule has 0 aliphatic heterocycles. The Hall–Kier alpha value is 0.110. The molecule has 2 rings (SSSR count). The van der Waals surface area contributed by atoms with Crippen LogP contribution in [0.2, 0.25) is 10.0 Å². The van der Waals surface area contributed by atoms with Crippen LogP contribution in [0.25, 0.3) is 0 Å². The predicted molar refractivity (Wildman–Crippen MR) is 86.6 cm³/mol. The molecule has 1 aliphatic carbocycles. The van der Waals surface area contributed by atoms with Crippen molar-refractivity contribution < 1.29 is 0 Å². The van der Waals surface area contributed by atoms with Crippen molar-refractivity contribution in [3.63, 3.8) is 0 Å². The molecule has 1 aromatic carbocycles. The summed E-state index contributed by atoms with van der Waals surface area (Å²) in [6.07, 6.45) is 5.12. The fraction of sp³-hybridized carbons (Fsp3) is 0.600. The molecule has 1 aliphatic rings. The SMILES string of the molecule is CCC1CCC(NC)C(Sc2cc(Cl)ccc2Cl)C1. The minimum absolute atomic E-state index is 0.572. The third kappa shape index (κ3) is 4.04. The van der Waals surface area contributed by atoms with Crippen LogP contribution in [0.1, 0.15) is 32.6 Å². The maximum atomic E-state index is 6.28. The molecule has 4 heteroatoms. The van der Waals surface area contributed by atoms with E-state index < -0.39 is 0 Å². The van der Waals surface area contributed by atoms with E-state index in [-0.39, 0.29) is 0 Å². The summed E-state index contributed by atoms with van der Waals surface area (Å²) in [7, 11) is 2.06. The topological polar surface area (TPSA) is 12.0 Å². The molecule has 0 aromatic heterocycles. The van der Waals surface area contributed by atoms with Gasteiger partial charge in [-0.15, -0.1) is 11.8 Å². The number of benzene rings is 1. The molecule has 0 amide bonds. The Morgan fingerprint density at radius 3 is 2.79 bits per heavy atom.